The molecule has 0 aliphatic carbocycles. The van der Waals surface area contributed by atoms with Crippen LogP contribution in [0.2, 0.25) is 0 Å². The van der Waals surface area contributed by atoms with Gasteiger partial charge < -0.3 is 5.32 Å². The minimum Gasteiger partial charge on any atom is -0.363 e. The third kappa shape index (κ3) is 3.02. The number of pyridine rings is 1. The first-order valence-corrected chi connectivity index (χ1v) is 5.46. The van der Waals surface area contributed by atoms with Gasteiger partial charge in [-0.3, -0.25) is 10.1 Å². The van der Waals surface area contributed by atoms with Crippen LogP contribution < -0.4 is 5.32 Å². The van der Waals surface area contributed by atoms with Crippen LogP contribution in [-0.4, -0.2) is 9.91 Å². The van der Waals surface area contributed by atoms with Crippen molar-refractivity contribution in [1.82, 2.24) is 4.98 Å². The summed E-state index contributed by atoms with van der Waals surface area (Å²) < 4.78 is 38.9. The molecule has 0 atom stereocenters. The van der Waals surface area contributed by atoms with Crippen LogP contribution in [0.15, 0.2) is 30.3 Å². The number of anilines is 1. The molecule has 0 fully saturated rings. The van der Waals surface area contributed by atoms with E-state index in [1.165, 1.54) is 18.2 Å². The Morgan fingerprint density at radius 1 is 1.20 bits per heavy atom. The van der Waals surface area contributed by atoms with E-state index in [1.807, 2.05) is 0 Å². The summed E-state index contributed by atoms with van der Waals surface area (Å²) in [4.78, 5) is 13.1. The van der Waals surface area contributed by atoms with Crippen LogP contribution in [0, 0.1) is 27.7 Å². The fourth-order valence-corrected chi connectivity index (χ4v) is 1.53. The van der Waals surface area contributed by atoms with Crippen molar-refractivity contribution in [2.45, 2.75) is 6.54 Å². The van der Waals surface area contributed by atoms with Gasteiger partial charge in [0.2, 0.25) is 0 Å². The second-order valence-corrected chi connectivity index (χ2v) is 3.87. The van der Waals surface area contributed by atoms with Crippen molar-refractivity contribution in [1.29, 1.82) is 0 Å². The van der Waals surface area contributed by atoms with Gasteiger partial charge in [0.15, 0.2) is 17.5 Å². The van der Waals surface area contributed by atoms with Crippen molar-refractivity contribution in [3.05, 3.63) is 63.6 Å². The Bertz CT molecular complexity index is 664. The van der Waals surface area contributed by atoms with E-state index in [0.29, 0.717) is 11.6 Å². The molecule has 0 spiro atoms. The van der Waals surface area contributed by atoms with Gasteiger partial charge in [0, 0.05) is 24.7 Å². The van der Waals surface area contributed by atoms with Gasteiger partial charge in [-0.2, -0.15) is 9.37 Å². The highest BCUT2D eigenvalue weighted by Gasteiger charge is 2.12. The average Bonchev–Trinajstić information content (AvgIpc) is 2.41. The van der Waals surface area contributed by atoms with Gasteiger partial charge >= 0.3 is 0 Å². The summed E-state index contributed by atoms with van der Waals surface area (Å²) in [5, 5.41) is 13.0. The zero-order valence-electron chi connectivity index (χ0n) is 9.94. The molecule has 0 saturated carbocycles. The minimum atomic E-state index is -1.42. The molecular formula is C12H8F3N3O2. The number of nitro groups is 1. The van der Waals surface area contributed by atoms with Gasteiger partial charge in [-0.15, -0.1) is 0 Å². The van der Waals surface area contributed by atoms with Crippen LogP contribution in [0.5, 0.6) is 0 Å². The Morgan fingerprint density at radius 3 is 2.65 bits per heavy atom. The van der Waals surface area contributed by atoms with Gasteiger partial charge in [-0.25, -0.2) is 8.78 Å². The summed E-state index contributed by atoms with van der Waals surface area (Å²) in [7, 11) is 0. The molecule has 1 N–H and O–H groups in total. The molecule has 0 aliphatic rings. The standard InChI is InChI=1S/C12H8F3N3O2/c13-9-5-10(14)12(17-11(9)15)16-6-7-2-1-3-8(4-7)18(19)20/h1-5H,6H2,(H,16,17). The molecule has 1 heterocycles. The van der Waals surface area contributed by atoms with Crippen molar-refractivity contribution >= 4 is 11.5 Å². The summed E-state index contributed by atoms with van der Waals surface area (Å²) in [6, 6.07) is 5.99. The Kier molecular flexibility index (Phi) is 3.83. The number of non-ortho nitro benzene ring substituents is 1. The number of nitro benzene ring substituents is 1. The number of rotatable bonds is 4. The SMILES string of the molecule is O=[N+]([O-])c1cccc(CNc2nc(F)c(F)cc2F)c1. The highest BCUT2D eigenvalue weighted by Crippen LogP contribution is 2.17. The third-order valence-corrected chi connectivity index (χ3v) is 2.47. The lowest BCUT2D eigenvalue weighted by atomic mass is 10.2. The normalized spacial score (nSPS) is 10.3. The number of aromatic nitrogens is 1. The van der Waals surface area contributed by atoms with E-state index in [2.05, 4.69) is 10.3 Å². The van der Waals surface area contributed by atoms with Crippen molar-refractivity contribution in [2.75, 3.05) is 5.32 Å². The van der Waals surface area contributed by atoms with E-state index < -0.39 is 28.3 Å². The van der Waals surface area contributed by atoms with E-state index >= 15 is 0 Å². The Morgan fingerprint density at radius 2 is 1.95 bits per heavy atom. The van der Waals surface area contributed by atoms with Gasteiger partial charge in [0.1, 0.15) is 0 Å². The molecule has 104 valence electrons. The lowest BCUT2D eigenvalue weighted by Crippen LogP contribution is -2.06. The Hall–Kier alpha value is -2.64. The highest BCUT2D eigenvalue weighted by molar-refractivity contribution is 5.40. The fraction of sp³-hybridized carbons (Fsp3) is 0.0833. The zero-order valence-corrected chi connectivity index (χ0v) is 9.94. The molecule has 5 nitrogen and oxygen atoms in total. The number of halogens is 3. The molecule has 8 heteroatoms. The first-order valence-electron chi connectivity index (χ1n) is 5.46. The first kappa shape index (κ1) is 13.8. The maximum atomic E-state index is 13.3. The summed E-state index contributed by atoms with van der Waals surface area (Å²) >= 11 is 0. The van der Waals surface area contributed by atoms with E-state index in [0.717, 1.165) is 0 Å². The topological polar surface area (TPSA) is 68.1 Å². The van der Waals surface area contributed by atoms with Crippen molar-refractivity contribution < 1.29 is 18.1 Å². The van der Waals surface area contributed by atoms with Gasteiger partial charge in [-0.1, -0.05) is 12.1 Å². The molecule has 0 amide bonds. The first-order chi connectivity index (χ1) is 9.47. The maximum absolute atomic E-state index is 13.3. The van der Waals surface area contributed by atoms with E-state index in [1.54, 1.807) is 6.07 Å². The van der Waals surface area contributed by atoms with E-state index in [4.69, 9.17) is 0 Å². The summed E-state index contributed by atoms with van der Waals surface area (Å²) in [6.07, 6.45) is 0. The molecule has 1 aromatic heterocycles. The Balaban J connectivity index is 2.15. The number of nitrogens with zero attached hydrogens (tertiary/aromatic N) is 2. The van der Waals surface area contributed by atoms with Crippen LogP contribution in [0.25, 0.3) is 0 Å². The van der Waals surface area contributed by atoms with Gasteiger partial charge in [0.05, 0.1) is 4.92 Å². The second kappa shape index (κ2) is 5.55. The molecule has 0 radical (unpaired) electrons. The lowest BCUT2D eigenvalue weighted by Gasteiger charge is -2.07. The monoisotopic (exact) mass is 283 g/mol. The Labute approximate surface area is 111 Å². The van der Waals surface area contributed by atoms with Crippen LogP contribution in [0.1, 0.15) is 5.56 Å². The summed E-state index contributed by atoms with van der Waals surface area (Å²) in [5.74, 6) is -4.32. The van der Waals surface area contributed by atoms with Crippen LogP contribution in [0.4, 0.5) is 24.7 Å². The third-order valence-electron chi connectivity index (χ3n) is 2.47. The number of nitrogens with one attached hydrogen (secondary N) is 1. The fourth-order valence-electron chi connectivity index (χ4n) is 1.53. The molecule has 0 saturated heterocycles. The number of hydrogen-bond donors (Lipinski definition) is 1. The average molecular weight is 283 g/mol. The summed E-state index contributed by atoms with van der Waals surface area (Å²) in [6.45, 7) is -0.0172. The van der Waals surface area contributed by atoms with Crippen molar-refractivity contribution in [3.63, 3.8) is 0 Å². The quantitative estimate of drug-likeness (QED) is 0.532. The van der Waals surface area contributed by atoms with Gasteiger partial charge in [-0.05, 0) is 5.56 Å². The van der Waals surface area contributed by atoms with E-state index in [-0.39, 0.29) is 12.2 Å². The predicted octanol–water partition coefficient (Wildman–Crippen LogP) is 3.02. The summed E-state index contributed by atoms with van der Waals surface area (Å²) in [5.41, 5.74) is 0.355. The molecule has 1 aromatic carbocycles. The molecule has 0 bridgehead atoms. The highest BCUT2D eigenvalue weighted by atomic mass is 19.2. The van der Waals surface area contributed by atoms with Crippen LogP contribution >= 0.6 is 0 Å². The van der Waals surface area contributed by atoms with Crippen LogP contribution in [-0.2, 0) is 6.54 Å². The molecule has 20 heavy (non-hydrogen) atoms. The van der Waals surface area contributed by atoms with Crippen molar-refractivity contribution in [2.24, 2.45) is 0 Å². The molecular weight excluding hydrogens is 275 g/mol. The largest absolute Gasteiger partial charge is 0.363 e. The van der Waals surface area contributed by atoms with Gasteiger partial charge in [0.25, 0.3) is 11.6 Å². The molecule has 2 rings (SSSR count). The molecule has 0 unspecified atom stereocenters. The van der Waals surface area contributed by atoms with Crippen LogP contribution in [0.3, 0.4) is 0 Å². The number of hydrogen-bond acceptors (Lipinski definition) is 4. The molecule has 2 aromatic rings. The molecule has 0 aliphatic heterocycles. The maximum Gasteiger partial charge on any atom is 0.269 e. The smallest absolute Gasteiger partial charge is 0.269 e. The predicted molar refractivity (Wildman–Crippen MR) is 64.5 cm³/mol. The number of benzene rings is 1. The van der Waals surface area contributed by atoms with Crippen molar-refractivity contribution in [3.8, 4) is 0 Å². The lowest BCUT2D eigenvalue weighted by molar-refractivity contribution is -0.384. The second-order valence-electron chi connectivity index (χ2n) is 3.87. The van der Waals surface area contributed by atoms with E-state index in [9.17, 15) is 23.3 Å². The minimum absolute atomic E-state index is 0.0172. The zero-order chi connectivity index (χ0) is 14.7.